The third-order valence-corrected chi connectivity index (χ3v) is 6.88. The zero-order chi connectivity index (χ0) is 22.4. The Hall–Kier alpha value is -3.07. The summed E-state index contributed by atoms with van der Waals surface area (Å²) >= 11 is 0. The maximum absolute atomic E-state index is 12.8. The molecule has 1 aliphatic rings. The number of sulfonamides is 1. The van der Waals surface area contributed by atoms with Crippen LogP contribution in [0, 0.1) is 5.92 Å². The average Bonchev–Trinajstić information content (AvgIpc) is 3.17. The van der Waals surface area contributed by atoms with E-state index in [2.05, 4.69) is 16.0 Å². The monoisotopic (exact) mass is 444 g/mol. The van der Waals surface area contributed by atoms with Crippen LogP contribution in [0.2, 0.25) is 0 Å². The molecule has 2 aromatic carbocycles. The molecule has 0 aromatic heterocycles. The van der Waals surface area contributed by atoms with Gasteiger partial charge in [0.05, 0.1) is 11.4 Å². The molecule has 1 aliphatic heterocycles. The Bertz CT molecular complexity index is 1020. The number of nitrogens with zero attached hydrogens (tertiary/aromatic N) is 1. The second kappa shape index (κ2) is 9.82. The quantitative estimate of drug-likeness (QED) is 0.581. The molecule has 0 spiro atoms. The zero-order valence-electron chi connectivity index (χ0n) is 17.7. The average molecular weight is 445 g/mol. The summed E-state index contributed by atoms with van der Waals surface area (Å²) in [5, 5.41) is 7.98. The van der Waals surface area contributed by atoms with E-state index in [4.69, 9.17) is 0 Å². The minimum atomic E-state index is -3.56. The third-order valence-electron chi connectivity index (χ3n) is 5.11. The standard InChI is InChI=1S/C22H28N4O4S/c1-16(2)20(25-22(28)24-18-9-4-3-5-10-18)21(27)23-13-15-31(29,30)26-14-12-17-8-6-7-11-19(17)26/h3-11,16,20H,12-15H2,1-2H3,(H,23,27)(H2,24,25,28)/t20-/m0/s1. The number of nitrogens with one attached hydrogen (secondary N) is 3. The molecule has 3 amide bonds. The van der Waals surface area contributed by atoms with Crippen LogP contribution in [0.3, 0.4) is 0 Å². The molecule has 0 bridgehead atoms. The highest BCUT2D eigenvalue weighted by Crippen LogP contribution is 2.29. The number of carbonyl (C=O) groups excluding carboxylic acids is 2. The van der Waals surface area contributed by atoms with Crippen molar-refractivity contribution in [1.29, 1.82) is 0 Å². The number of rotatable bonds is 8. The molecule has 8 nitrogen and oxygen atoms in total. The first-order valence-corrected chi connectivity index (χ1v) is 11.9. The first-order valence-electron chi connectivity index (χ1n) is 10.3. The normalized spacial score (nSPS) is 14.1. The van der Waals surface area contributed by atoms with Gasteiger partial charge in [0.2, 0.25) is 15.9 Å². The molecule has 0 fully saturated rings. The lowest BCUT2D eigenvalue weighted by atomic mass is 10.0. The maximum atomic E-state index is 12.8. The smallest absolute Gasteiger partial charge is 0.319 e. The second-order valence-electron chi connectivity index (χ2n) is 7.74. The number of benzene rings is 2. The summed E-state index contributed by atoms with van der Waals surface area (Å²) in [4.78, 5) is 24.9. The van der Waals surface area contributed by atoms with Gasteiger partial charge in [-0.1, -0.05) is 50.2 Å². The van der Waals surface area contributed by atoms with Crippen LogP contribution in [0.5, 0.6) is 0 Å². The van der Waals surface area contributed by atoms with E-state index in [0.29, 0.717) is 24.3 Å². The molecular formula is C22H28N4O4S. The molecule has 1 heterocycles. The van der Waals surface area contributed by atoms with E-state index in [1.54, 1.807) is 30.3 Å². The number of hydrogen-bond acceptors (Lipinski definition) is 4. The maximum Gasteiger partial charge on any atom is 0.319 e. The number of amides is 3. The van der Waals surface area contributed by atoms with Gasteiger partial charge in [0.15, 0.2) is 0 Å². The SMILES string of the molecule is CC(C)[C@H](NC(=O)Nc1ccccc1)C(=O)NCCS(=O)(=O)N1CCc2ccccc21. The van der Waals surface area contributed by atoms with Crippen molar-refractivity contribution in [3.8, 4) is 0 Å². The second-order valence-corrected chi connectivity index (χ2v) is 9.76. The van der Waals surface area contributed by atoms with E-state index in [1.807, 2.05) is 38.1 Å². The van der Waals surface area contributed by atoms with E-state index in [0.717, 1.165) is 5.56 Å². The first kappa shape index (κ1) is 22.6. The van der Waals surface area contributed by atoms with Crippen LogP contribution in [-0.2, 0) is 21.2 Å². The van der Waals surface area contributed by atoms with E-state index in [9.17, 15) is 18.0 Å². The van der Waals surface area contributed by atoms with Gasteiger partial charge in [-0.05, 0) is 36.1 Å². The Balaban J connectivity index is 1.53. The highest BCUT2D eigenvalue weighted by molar-refractivity contribution is 7.92. The van der Waals surface area contributed by atoms with Gasteiger partial charge in [0, 0.05) is 18.8 Å². The molecule has 0 unspecified atom stereocenters. The van der Waals surface area contributed by atoms with E-state index in [-0.39, 0.29) is 18.2 Å². The van der Waals surface area contributed by atoms with Crippen molar-refractivity contribution in [2.75, 3.05) is 28.5 Å². The fraction of sp³-hybridized carbons (Fsp3) is 0.364. The fourth-order valence-corrected chi connectivity index (χ4v) is 4.91. The summed E-state index contributed by atoms with van der Waals surface area (Å²) in [5.74, 6) is -0.812. The van der Waals surface area contributed by atoms with E-state index < -0.39 is 28.0 Å². The first-order chi connectivity index (χ1) is 14.8. The summed E-state index contributed by atoms with van der Waals surface area (Å²) < 4.78 is 26.9. The van der Waals surface area contributed by atoms with Crippen LogP contribution in [0.4, 0.5) is 16.2 Å². The summed E-state index contributed by atoms with van der Waals surface area (Å²) in [6.45, 7) is 3.99. The summed E-state index contributed by atoms with van der Waals surface area (Å²) in [5.41, 5.74) is 2.32. The number of hydrogen-bond donors (Lipinski definition) is 3. The predicted octanol–water partition coefficient (Wildman–Crippen LogP) is 2.34. The van der Waals surface area contributed by atoms with Gasteiger partial charge >= 0.3 is 6.03 Å². The Labute approximate surface area is 183 Å². The van der Waals surface area contributed by atoms with Gasteiger partial charge in [0.1, 0.15) is 6.04 Å². The van der Waals surface area contributed by atoms with Crippen molar-refractivity contribution in [2.45, 2.75) is 26.3 Å². The van der Waals surface area contributed by atoms with Crippen LogP contribution in [-0.4, -0.2) is 45.2 Å². The number of carbonyl (C=O) groups is 2. The van der Waals surface area contributed by atoms with E-state index >= 15 is 0 Å². The lowest BCUT2D eigenvalue weighted by Gasteiger charge is -2.23. The molecule has 1 atom stereocenters. The van der Waals surface area contributed by atoms with Gasteiger partial charge in [0.25, 0.3) is 0 Å². The molecule has 3 rings (SSSR count). The number of anilines is 2. The molecule has 0 saturated heterocycles. The molecule has 2 aromatic rings. The molecule has 0 radical (unpaired) electrons. The number of urea groups is 1. The minimum absolute atomic E-state index is 0.0367. The van der Waals surface area contributed by atoms with Crippen molar-refractivity contribution >= 4 is 33.3 Å². The van der Waals surface area contributed by atoms with Crippen molar-refractivity contribution in [1.82, 2.24) is 10.6 Å². The summed E-state index contributed by atoms with van der Waals surface area (Å²) in [6.07, 6.45) is 0.678. The Morgan fingerprint density at radius 3 is 2.42 bits per heavy atom. The molecule has 31 heavy (non-hydrogen) atoms. The summed E-state index contributed by atoms with van der Waals surface area (Å²) in [6, 6.07) is 15.0. The summed E-state index contributed by atoms with van der Waals surface area (Å²) in [7, 11) is -3.56. The van der Waals surface area contributed by atoms with Gasteiger partial charge in [-0.15, -0.1) is 0 Å². The molecular weight excluding hydrogens is 416 g/mol. The van der Waals surface area contributed by atoms with Crippen LogP contribution in [0.15, 0.2) is 54.6 Å². The molecule has 166 valence electrons. The Morgan fingerprint density at radius 2 is 1.71 bits per heavy atom. The van der Waals surface area contributed by atoms with Gasteiger partial charge in [-0.3, -0.25) is 9.10 Å². The highest BCUT2D eigenvalue weighted by atomic mass is 32.2. The number of para-hydroxylation sites is 2. The van der Waals surface area contributed by atoms with Crippen molar-refractivity contribution < 1.29 is 18.0 Å². The van der Waals surface area contributed by atoms with Crippen LogP contribution < -0.4 is 20.3 Å². The lowest BCUT2D eigenvalue weighted by molar-refractivity contribution is -0.123. The van der Waals surface area contributed by atoms with Gasteiger partial charge in [-0.2, -0.15) is 0 Å². The Morgan fingerprint density at radius 1 is 1.03 bits per heavy atom. The Kier molecular flexibility index (Phi) is 7.17. The third kappa shape index (κ3) is 5.75. The largest absolute Gasteiger partial charge is 0.353 e. The van der Waals surface area contributed by atoms with E-state index in [1.165, 1.54) is 4.31 Å². The van der Waals surface area contributed by atoms with Crippen LogP contribution in [0.1, 0.15) is 19.4 Å². The van der Waals surface area contributed by atoms with Crippen molar-refractivity contribution in [3.63, 3.8) is 0 Å². The van der Waals surface area contributed by atoms with Gasteiger partial charge in [-0.25, -0.2) is 13.2 Å². The molecule has 3 N–H and O–H groups in total. The fourth-order valence-electron chi connectivity index (χ4n) is 3.49. The molecule has 0 aliphatic carbocycles. The van der Waals surface area contributed by atoms with Crippen molar-refractivity contribution in [3.05, 3.63) is 60.2 Å². The van der Waals surface area contributed by atoms with Crippen LogP contribution in [0.25, 0.3) is 0 Å². The zero-order valence-corrected chi connectivity index (χ0v) is 18.5. The van der Waals surface area contributed by atoms with Crippen molar-refractivity contribution in [2.24, 2.45) is 5.92 Å². The van der Waals surface area contributed by atoms with Gasteiger partial charge < -0.3 is 16.0 Å². The van der Waals surface area contributed by atoms with Crippen LogP contribution >= 0.6 is 0 Å². The topological polar surface area (TPSA) is 108 Å². The minimum Gasteiger partial charge on any atom is -0.353 e. The predicted molar refractivity (Wildman–Crippen MR) is 122 cm³/mol. The molecule has 0 saturated carbocycles. The molecule has 9 heteroatoms. The highest BCUT2D eigenvalue weighted by Gasteiger charge is 2.29. The number of fused-ring (bicyclic) bond motifs is 1. The lowest BCUT2D eigenvalue weighted by Crippen LogP contribution is -2.51.